The van der Waals surface area contributed by atoms with E-state index in [4.69, 9.17) is 9.47 Å². The van der Waals surface area contributed by atoms with Crippen LogP contribution in [0.2, 0.25) is 0 Å². The van der Waals surface area contributed by atoms with Gasteiger partial charge < -0.3 is 24.6 Å². The van der Waals surface area contributed by atoms with Crippen molar-refractivity contribution in [1.82, 2.24) is 10.2 Å². The molecule has 3 atom stereocenters. The number of carbonyl (C=O) groups is 2. The summed E-state index contributed by atoms with van der Waals surface area (Å²) in [6, 6.07) is 13.9. The van der Waals surface area contributed by atoms with Crippen LogP contribution in [0.15, 0.2) is 48.2 Å². The van der Waals surface area contributed by atoms with E-state index in [1.807, 2.05) is 29.2 Å². The molecule has 2 saturated heterocycles. The summed E-state index contributed by atoms with van der Waals surface area (Å²) in [5.74, 6) is 0.877. The molecule has 7 nitrogen and oxygen atoms in total. The molecule has 5 rings (SSSR count). The molecule has 1 aliphatic carbocycles. The van der Waals surface area contributed by atoms with Crippen molar-refractivity contribution in [3.8, 4) is 5.75 Å². The fraction of sp³-hybridized carbons (Fsp3) is 0.448. The number of hydrogen-bond donors (Lipinski definition) is 1. The summed E-state index contributed by atoms with van der Waals surface area (Å²) in [6.45, 7) is 7.39. The highest BCUT2D eigenvalue weighted by Crippen LogP contribution is 2.33. The second kappa shape index (κ2) is 10.2. The third kappa shape index (κ3) is 4.92. The lowest BCUT2D eigenvalue weighted by Crippen LogP contribution is -2.56. The summed E-state index contributed by atoms with van der Waals surface area (Å²) in [7, 11) is 1.61. The van der Waals surface area contributed by atoms with Crippen molar-refractivity contribution in [1.29, 1.82) is 0 Å². The predicted molar refractivity (Wildman–Crippen MR) is 140 cm³/mol. The van der Waals surface area contributed by atoms with Gasteiger partial charge in [-0.15, -0.1) is 0 Å². The SMILES string of the molecule is COc1ccccc1/C=C1/OC2CCC(C(=O)N3CCN(c4cc(C)ccc4C)CC3)CC2NC1=O. The van der Waals surface area contributed by atoms with E-state index in [2.05, 4.69) is 42.3 Å². The molecule has 0 bridgehead atoms. The molecular formula is C29H35N3O4. The van der Waals surface area contributed by atoms with Crippen molar-refractivity contribution >= 4 is 23.6 Å². The first-order valence-corrected chi connectivity index (χ1v) is 12.9. The van der Waals surface area contributed by atoms with Crippen LogP contribution in [-0.4, -0.2) is 62.1 Å². The number of aryl methyl sites for hydroxylation is 2. The molecule has 3 unspecified atom stereocenters. The number of amides is 2. The van der Waals surface area contributed by atoms with Gasteiger partial charge >= 0.3 is 0 Å². The molecule has 2 aromatic rings. The summed E-state index contributed by atoms with van der Waals surface area (Å²) in [5.41, 5.74) is 4.59. The number of piperazine rings is 1. The lowest BCUT2D eigenvalue weighted by atomic mass is 9.82. The maximum absolute atomic E-state index is 13.4. The number of morpholine rings is 1. The summed E-state index contributed by atoms with van der Waals surface area (Å²) >= 11 is 0. The largest absolute Gasteiger partial charge is 0.496 e. The third-order valence-corrected chi connectivity index (χ3v) is 7.68. The average Bonchev–Trinajstić information content (AvgIpc) is 2.90. The molecule has 1 N–H and O–H groups in total. The van der Waals surface area contributed by atoms with Crippen LogP contribution in [0, 0.1) is 19.8 Å². The van der Waals surface area contributed by atoms with E-state index in [1.54, 1.807) is 13.2 Å². The zero-order valence-corrected chi connectivity index (χ0v) is 21.3. The molecule has 2 aliphatic heterocycles. The molecule has 3 aliphatic rings. The van der Waals surface area contributed by atoms with Gasteiger partial charge in [0.2, 0.25) is 5.91 Å². The molecule has 7 heteroatoms. The molecule has 0 radical (unpaired) electrons. The van der Waals surface area contributed by atoms with Gasteiger partial charge in [0.05, 0.1) is 13.2 Å². The van der Waals surface area contributed by atoms with Crippen LogP contribution >= 0.6 is 0 Å². The Bertz CT molecular complexity index is 1170. The number of fused-ring (bicyclic) bond motifs is 1. The number of hydrogen-bond acceptors (Lipinski definition) is 5. The van der Waals surface area contributed by atoms with Crippen molar-refractivity contribution in [3.05, 3.63) is 64.9 Å². The number of para-hydroxylation sites is 1. The van der Waals surface area contributed by atoms with Crippen molar-refractivity contribution in [3.63, 3.8) is 0 Å². The Hall–Kier alpha value is -3.48. The minimum absolute atomic E-state index is 0.0813. The molecule has 0 aromatic heterocycles. The van der Waals surface area contributed by atoms with E-state index in [9.17, 15) is 9.59 Å². The highest BCUT2D eigenvalue weighted by molar-refractivity contribution is 5.97. The first kappa shape index (κ1) is 24.2. The Balaban J connectivity index is 1.18. The molecule has 0 spiro atoms. The number of ether oxygens (including phenoxy) is 2. The fourth-order valence-electron chi connectivity index (χ4n) is 5.63. The van der Waals surface area contributed by atoms with E-state index in [-0.39, 0.29) is 29.9 Å². The van der Waals surface area contributed by atoms with E-state index < -0.39 is 0 Å². The van der Waals surface area contributed by atoms with Crippen LogP contribution < -0.4 is 15.0 Å². The van der Waals surface area contributed by atoms with E-state index in [0.29, 0.717) is 17.9 Å². The number of benzene rings is 2. The topological polar surface area (TPSA) is 71.1 Å². The van der Waals surface area contributed by atoms with Crippen LogP contribution in [0.5, 0.6) is 5.75 Å². The molecule has 2 amide bonds. The quantitative estimate of drug-likeness (QED) is 0.664. The van der Waals surface area contributed by atoms with Gasteiger partial charge in [0.1, 0.15) is 11.9 Å². The number of methoxy groups -OCH3 is 1. The zero-order chi connectivity index (χ0) is 25.2. The normalized spacial score (nSPS) is 25.1. The second-order valence-electron chi connectivity index (χ2n) is 10.1. The fourth-order valence-corrected chi connectivity index (χ4v) is 5.63. The Morgan fingerprint density at radius 1 is 1.08 bits per heavy atom. The van der Waals surface area contributed by atoms with Gasteiger partial charge in [0, 0.05) is 43.3 Å². The lowest BCUT2D eigenvalue weighted by Gasteiger charge is -2.42. The Morgan fingerprint density at radius 3 is 2.64 bits per heavy atom. The van der Waals surface area contributed by atoms with E-state index in [0.717, 1.165) is 44.6 Å². The molecule has 36 heavy (non-hydrogen) atoms. The van der Waals surface area contributed by atoms with Gasteiger partial charge in [-0.05, 0) is 62.4 Å². The average molecular weight is 490 g/mol. The van der Waals surface area contributed by atoms with Gasteiger partial charge in [-0.2, -0.15) is 0 Å². The van der Waals surface area contributed by atoms with Crippen LogP contribution in [0.1, 0.15) is 36.0 Å². The Morgan fingerprint density at radius 2 is 1.86 bits per heavy atom. The maximum atomic E-state index is 13.4. The maximum Gasteiger partial charge on any atom is 0.286 e. The Kier molecular flexibility index (Phi) is 6.90. The molecule has 2 aromatic carbocycles. The molecular weight excluding hydrogens is 454 g/mol. The lowest BCUT2D eigenvalue weighted by molar-refractivity contribution is -0.141. The first-order valence-electron chi connectivity index (χ1n) is 12.9. The van der Waals surface area contributed by atoms with Crippen LogP contribution in [0.3, 0.4) is 0 Å². The highest BCUT2D eigenvalue weighted by atomic mass is 16.5. The van der Waals surface area contributed by atoms with Gasteiger partial charge in [-0.1, -0.05) is 30.3 Å². The first-order chi connectivity index (χ1) is 17.4. The standard InChI is InChI=1S/C29H35N3O4/c1-19-8-9-20(2)24(16-19)31-12-14-32(15-13-31)29(34)22-10-11-26-23(17-22)30-28(33)27(36-26)18-21-6-4-5-7-25(21)35-3/h4-9,16,18,22-23,26H,10-15,17H2,1-3H3,(H,30,33)/b27-18+. The monoisotopic (exact) mass is 489 g/mol. The van der Waals surface area contributed by atoms with Crippen LogP contribution in [-0.2, 0) is 14.3 Å². The molecule has 3 fully saturated rings. The minimum Gasteiger partial charge on any atom is -0.496 e. The molecule has 2 heterocycles. The van der Waals surface area contributed by atoms with Crippen molar-refractivity contribution in [2.45, 2.75) is 45.3 Å². The second-order valence-corrected chi connectivity index (χ2v) is 10.1. The smallest absolute Gasteiger partial charge is 0.286 e. The summed E-state index contributed by atoms with van der Waals surface area (Å²) in [5, 5.41) is 3.10. The van der Waals surface area contributed by atoms with Gasteiger partial charge in [-0.3, -0.25) is 9.59 Å². The van der Waals surface area contributed by atoms with Crippen LogP contribution in [0.25, 0.3) is 6.08 Å². The summed E-state index contributed by atoms with van der Waals surface area (Å²) < 4.78 is 11.5. The number of rotatable bonds is 4. The van der Waals surface area contributed by atoms with Gasteiger partial charge in [0.25, 0.3) is 5.91 Å². The van der Waals surface area contributed by atoms with Crippen molar-refractivity contribution < 1.29 is 19.1 Å². The van der Waals surface area contributed by atoms with Crippen molar-refractivity contribution in [2.75, 3.05) is 38.2 Å². The van der Waals surface area contributed by atoms with Crippen LogP contribution in [0.4, 0.5) is 5.69 Å². The third-order valence-electron chi connectivity index (χ3n) is 7.68. The number of nitrogens with zero attached hydrogens (tertiary/aromatic N) is 2. The summed E-state index contributed by atoms with van der Waals surface area (Å²) in [6.07, 6.45) is 3.75. The molecule has 1 saturated carbocycles. The van der Waals surface area contributed by atoms with Gasteiger partial charge in [-0.25, -0.2) is 0 Å². The van der Waals surface area contributed by atoms with Crippen molar-refractivity contribution in [2.24, 2.45) is 5.92 Å². The summed E-state index contributed by atoms with van der Waals surface area (Å²) in [4.78, 5) is 30.6. The Labute approximate surface area is 213 Å². The van der Waals surface area contributed by atoms with E-state index in [1.165, 1.54) is 16.8 Å². The molecule has 190 valence electrons. The highest BCUT2D eigenvalue weighted by Gasteiger charge is 2.41. The number of carbonyl (C=O) groups excluding carboxylic acids is 2. The van der Waals surface area contributed by atoms with Gasteiger partial charge in [0.15, 0.2) is 5.76 Å². The van der Waals surface area contributed by atoms with E-state index >= 15 is 0 Å². The minimum atomic E-state index is -0.239. The predicted octanol–water partition coefficient (Wildman–Crippen LogP) is 3.69. The number of anilines is 1. The zero-order valence-electron chi connectivity index (χ0n) is 21.3. The number of nitrogens with one attached hydrogen (secondary N) is 1.